The summed E-state index contributed by atoms with van der Waals surface area (Å²) in [6.07, 6.45) is 5.30. The molecular weight excluding hydrogens is 300 g/mol. The Hall–Kier alpha value is -1.33. The number of carbonyl (C=O) groups excluding carboxylic acids is 1. The molecule has 6 heteroatoms. The number of hydrogen-bond acceptors (Lipinski definition) is 3. The summed E-state index contributed by atoms with van der Waals surface area (Å²) in [6.45, 7) is 8.31. The second-order valence-corrected chi connectivity index (χ2v) is 6.74. The molecule has 1 aliphatic heterocycles. The Morgan fingerprint density at radius 1 is 1.55 bits per heavy atom. The van der Waals surface area contributed by atoms with E-state index in [2.05, 4.69) is 18.9 Å². The summed E-state index contributed by atoms with van der Waals surface area (Å²) in [5.74, 6) is 0.451. The van der Waals surface area contributed by atoms with Gasteiger partial charge in [-0.05, 0) is 31.8 Å². The van der Waals surface area contributed by atoms with E-state index in [4.69, 9.17) is 17.3 Å². The highest BCUT2D eigenvalue weighted by Gasteiger charge is 2.20. The zero-order chi connectivity index (χ0) is 16.3. The van der Waals surface area contributed by atoms with Crippen molar-refractivity contribution in [2.75, 3.05) is 13.1 Å². The lowest BCUT2D eigenvalue weighted by Gasteiger charge is -2.29. The molecule has 1 atom stereocenters. The quantitative estimate of drug-likeness (QED) is 0.865. The summed E-state index contributed by atoms with van der Waals surface area (Å²) in [4.78, 5) is 14.0. The number of piperidine rings is 1. The molecule has 5 nitrogen and oxygen atoms in total. The van der Waals surface area contributed by atoms with Crippen LogP contribution in [0.1, 0.15) is 37.9 Å². The van der Waals surface area contributed by atoms with Crippen molar-refractivity contribution in [1.82, 2.24) is 14.7 Å². The van der Waals surface area contributed by atoms with Crippen molar-refractivity contribution in [2.45, 2.75) is 46.2 Å². The molecule has 1 saturated heterocycles. The molecule has 0 aliphatic carbocycles. The van der Waals surface area contributed by atoms with Crippen molar-refractivity contribution in [3.8, 4) is 0 Å². The van der Waals surface area contributed by atoms with E-state index in [-0.39, 0.29) is 11.9 Å². The van der Waals surface area contributed by atoms with Gasteiger partial charge in [-0.1, -0.05) is 25.4 Å². The van der Waals surface area contributed by atoms with Crippen LogP contribution in [0, 0.1) is 12.8 Å². The van der Waals surface area contributed by atoms with E-state index in [0.29, 0.717) is 17.6 Å². The smallest absolute Gasteiger partial charge is 0.246 e. The first kappa shape index (κ1) is 17.0. The molecule has 1 aromatic heterocycles. The van der Waals surface area contributed by atoms with E-state index in [0.717, 1.165) is 37.2 Å². The van der Waals surface area contributed by atoms with Crippen LogP contribution in [0.3, 0.4) is 0 Å². The van der Waals surface area contributed by atoms with Crippen molar-refractivity contribution in [3.63, 3.8) is 0 Å². The number of aromatic nitrogens is 2. The Morgan fingerprint density at radius 2 is 2.27 bits per heavy atom. The van der Waals surface area contributed by atoms with Gasteiger partial charge < -0.3 is 10.6 Å². The van der Waals surface area contributed by atoms with E-state index in [1.807, 2.05) is 6.92 Å². The minimum Gasteiger partial charge on any atom is -0.338 e. The number of nitrogens with two attached hydrogens (primary N) is 1. The van der Waals surface area contributed by atoms with Gasteiger partial charge in [0.05, 0.1) is 5.69 Å². The summed E-state index contributed by atoms with van der Waals surface area (Å²) in [6, 6.07) is 0.0882. The molecule has 0 aromatic carbocycles. The van der Waals surface area contributed by atoms with Gasteiger partial charge in [-0.3, -0.25) is 9.48 Å². The first-order chi connectivity index (χ1) is 10.4. The van der Waals surface area contributed by atoms with Crippen LogP contribution in [0.5, 0.6) is 0 Å². The van der Waals surface area contributed by atoms with Crippen molar-refractivity contribution in [2.24, 2.45) is 11.7 Å². The van der Waals surface area contributed by atoms with Gasteiger partial charge in [0.2, 0.25) is 5.91 Å². The van der Waals surface area contributed by atoms with Crippen LogP contribution in [-0.4, -0.2) is 39.7 Å². The summed E-state index contributed by atoms with van der Waals surface area (Å²) >= 11 is 6.37. The third kappa shape index (κ3) is 4.11. The van der Waals surface area contributed by atoms with Crippen molar-refractivity contribution in [1.29, 1.82) is 0 Å². The first-order valence-corrected chi connectivity index (χ1v) is 8.21. The lowest BCUT2D eigenvalue weighted by molar-refractivity contribution is -0.127. The summed E-state index contributed by atoms with van der Waals surface area (Å²) < 4.78 is 1.79. The van der Waals surface area contributed by atoms with Gasteiger partial charge in [-0.25, -0.2) is 0 Å². The zero-order valence-corrected chi connectivity index (χ0v) is 14.3. The molecule has 0 spiro atoms. The minimum absolute atomic E-state index is 0.0118. The summed E-state index contributed by atoms with van der Waals surface area (Å²) in [7, 11) is 0. The van der Waals surface area contributed by atoms with E-state index in [1.54, 1.807) is 21.7 Å². The summed E-state index contributed by atoms with van der Waals surface area (Å²) in [5, 5.41) is 5.03. The minimum atomic E-state index is -0.0118. The molecule has 0 bridgehead atoms. The standard InChI is InChI=1S/C16H25ClN4O/c1-11(2)9-21-16(17)14(12(3)19-21)6-7-15(22)20-8-4-5-13(18)10-20/h6-7,11,13H,4-5,8-10,18H2,1-3H3. The van der Waals surface area contributed by atoms with Crippen LogP contribution in [0.15, 0.2) is 6.08 Å². The van der Waals surface area contributed by atoms with Crippen LogP contribution >= 0.6 is 11.6 Å². The van der Waals surface area contributed by atoms with E-state index < -0.39 is 0 Å². The molecule has 2 rings (SSSR count). The maximum atomic E-state index is 12.2. The fraction of sp³-hybridized carbons (Fsp3) is 0.625. The maximum Gasteiger partial charge on any atom is 0.246 e. The molecule has 1 aromatic rings. The number of carbonyl (C=O) groups is 1. The van der Waals surface area contributed by atoms with Crippen molar-refractivity contribution in [3.05, 3.63) is 22.5 Å². The highest BCUT2D eigenvalue weighted by atomic mass is 35.5. The molecule has 1 fully saturated rings. The second-order valence-electron chi connectivity index (χ2n) is 6.39. The Labute approximate surface area is 137 Å². The Balaban J connectivity index is 2.09. The van der Waals surface area contributed by atoms with Gasteiger partial charge in [0.1, 0.15) is 5.15 Å². The topological polar surface area (TPSA) is 64.2 Å². The lowest BCUT2D eigenvalue weighted by atomic mass is 10.1. The van der Waals surface area contributed by atoms with Crippen LogP contribution in [0.2, 0.25) is 5.15 Å². The molecule has 0 radical (unpaired) electrons. The molecule has 1 aliphatic rings. The van der Waals surface area contributed by atoms with Gasteiger partial charge >= 0.3 is 0 Å². The van der Waals surface area contributed by atoms with E-state index >= 15 is 0 Å². The van der Waals surface area contributed by atoms with E-state index in [1.165, 1.54) is 0 Å². The van der Waals surface area contributed by atoms with Crippen LogP contribution in [-0.2, 0) is 11.3 Å². The number of amides is 1. The Morgan fingerprint density at radius 3 is 2.91 bits per heavy atom. The average molecular weight is 325 g/mol. The highest BCUT2D eigenvalue weighted by molar-refractivity contribution is 6.31. The SMILES string of the molecule is Cc1nn(CC(C)C)c(Cl)c1C=CC(=O)N1CCCC(N)C1. The molecule has 0 saturated carbocycles. The molecule has 2 heterocycles. The van der Waals surface area contributed by atoms with Gasteiger partial charge in [-0.2, -0.15) is 5.10 Å². The van der Waals surface area contributed by atoms with Crippen LogP contribution < -0.4 is 5.73 Å². The fourth-order valence-corrected chi connectivity index (χ4v) is 3.00. The number of nitrogens with zero attached hydrogens (tertiary/aromatic N) is 3. The van der Waals surface area contributed by atoms with Crippen molar-refractivity contribution >= 4 is 23.6 Å². The third-order valence-electron chi connectivity index (χ3n) is 3.81. The lowest BCUT2D eigenvalue weighted by Crippen LogP contribution is -2.45. The second kappa shape index (κ2) is 7.29. The van der Waals surface area contributed by atoms with Crippen LogP contribution in [0.25, 0.3) is 6.08 Å². The third-order valence-corrected chi connectivity index (χ3v) is 4.21. The Bertz CT molecular complexity index is 565. The zero-order valence-electron chi connectivity index (χ0n) is 13.6. The highest BCUT2D eigenvalue weighted by Crippen LogP contribution is 2.22. The van der Waals surface area contributed by atoms with Crippen LogP contribution in [0.4, 0.5) is 0 Å². The number of aryl methyl sites for hydroxylation is 1. The predicted molar refractivity (Wildman–Crippen MR) is 89.6 cm³/mol. The number of hydrogen-bond donors (Lipinski definition) is 1. The monoisotopic (exact) mass is 324 g/mol. The predicted octanol–water partition coefficient (Wildman–Crippen LogP) is 2.46. The largest absolute Gasteiger partial charge is 0.338 e. The first-order valence-electron chi connectivity index (χ1n) is 7.84. The number of likely N-dealkylation sites (tertiary alicyclic amines) is 1. The normalized spacial score (nSPS) is 19.4. The molecular formula is C16H25ClN4O. The van der Waals surface area contributed by atoms with Crippen molar-refractivity contribution < 1.29 is 4.79 Å². The van der Waals surface area contributed by atoms with Gasteiger partial charge in [-0.15, -0.1) is 0 Å². The summed E-state index contributed by atoms with van der Waals surface area (Å²) in [5.41, 5.74) is 7.57. The number of rotatable bonds is 4. The Kier molecular flexibility index (Phi) is 5.64. The molecule has 1 unspecified atom stereocenters. The van der Waals surface area contributed by atoms with Gasteiger partial charge in [0.15, 0.2) is 0 Å². The molecule has 22 heavy (non-hydrogen) atoms. The molecule has 2 N–H and O–H groups in total. The molecule has 122 valence electrons. The number of halogens is 1. The van der Waals surface area contributed by atoms with E-state index in [9.17, 15) is 4.79 Å². The molecule has 1 amide bonds. The maximum absolute atomic E-state index is 12.2. The van der Waals surface area contributed by atoms with Gasteiger partial charge in [0.25, 0.3) is 0 Å². The van der Waals surface area contributed by atoms with Gasteiger partial charge in [0, 0.05) is 37.3 Å². The average Bonchev–Trinajstić information content (AvgIpc) is 2.70. The fourth-order valence-electron chi connectivity index (χ4n) is 2.69.